The molecule has 6 heteroatoms. The summed E-state index contributed by atoms with van der Waals surface area (Å²) in [6, 6.07) is 0. The largest absolute Gasteiger partial charge is 0.341 e. The van der Waals surface area contributed by atoms with Gasteiger partial charge in [-0.1, -0.05) is 0 Å². The van der Waals surface area contributed by atoms with E-state index < -0.39 is 5.66 Å². The topological polar surface area (TPSA) is 58.4 Å². The van der Waals surface area contributed by atoms with Gasteiger partial charge in [0, 0.05) is 0 Å². The Hall–Kier alpha value is -0.0300. The molecule has 1 fully saturated rings. The molecule has 0 unspecified atom stereocenters. The maximum Gasteiger partial charge on any atom is 0.208 e. The third-order valence-electron chi connectivity index (χ3n) is 3.33. The van der Waals surface area contributed by atoms with Gasteiger partial charge in [0.25, 0.3) is 0 Å². The van der Waals surface area contributed by atoms with Crippen molar-refractivity contribution in [3.8, 4) is 0 Å². The smallest absolute Gasteiger partial charge is 0.208 e. The predicted octanol–water partition coefficient (Wildman–Crippen LogP) is 1.37. The zero-order chi connectivity index (χ0) is 11.3. The molecule has 1 aliphatic carbocycles. The van der Waals surface area contributed by atoms with E-state index in [-0.39, 0.29) is 24.8 Å². The van der Waals surface area contributed by atoms with Crippen LogP contribution in [0.25, 0.3) is 0 Å². The van der Waals surface area contributed by atoms with Gasteiger partial charge in [0.1, 0.15) is 0 Å². The monoisotopic (exact) mass is 285 g/mol. The molecule has 17 heavy (non-hydrogen) atoms. The van der Waals surface area contributed by atoms with Crippen LogP contribution in [0.1, 0.15) is 32.1 Å². The van der Waals surface area contributed by atoms with Gasteiger partial charge in [0.15, 0.2) is 0 Å². The fraction of sp³-hybridized carbons (Fsp3) is 0.909. The van der Waals surface area contributed by atoms with Crippen molar-refractivity contribution in [1.82, 2.24) is 10.2 Å². The Kier molecular flexibility index (Phi) is 10.2. The molecule has 1 amide bonds. The molecule has 0 aliphatic heterocycles. The van der Waals surface area contributed by atoms with Gasteiger partial charge in [-0.15, -0.1) is 24.8 Å². The van der Waals surface area contributed by atoms with Crippen LogP contribution in [-0.4, -0.2) is 37.6 Å². The summed E-state index contributed by atoms with van der Waals surface area (Å²) in [7, 11) is 4.20. The van der Waals surface area contributed by atoms with Gasteiger partial charge in [-0.05, 0) is 58.7 Å². The quantitative estimate of drug-likeness (QED) is 0.593. The number of carbonyl (C=O) groups excluding carboxylic acids is 1. The first kappa shape index (κ1) is 19.3. The van der Waals surface area contributed by atoms with Crippen molar-refractivity contribution in [3.05, 3.63) is 0 Å². The lowest BCUT2D eigenvalue weighted by molar-refractivity contribution is -0.111. The Morgan fingerprint density at radius 3 is 2.29 bits per heavy atom. The summed E-state index contributed by atoms with van der Waals surface area (Å²) >= 11 is 0. The summed E-state index contributed by atoms with van der Waals surface area (Å²) in [6.07, 6.45) is 6.04. The molecule has 4 nitrogen and oxygen atoms in total. The minimum absolute atomic E-state index is 0. The van der Waals surface area contributed by atoms with Crippen LogP contribution in [0.3, 0.4) is 0 Å². The number of halogens is 2. The maximum atomic E-state index is 10.4. The van der Waals surface area contributed by atoms with Crippen LogP contribution in [-0.2, 0) is 4.79 Å². The molecular weight excluding hydrogens is 261 g/mol. The van der Waals surface area contributed by atoms with Crippen LogP contribution >= 0.6 is 24.8 Å². The molecule has 1 aliphatic rings. The molecule has 0 aromatic rings. The lowest BCUT2D eigenvalue weighted by Crippen LogP contribution is -2.55. The first-order chi connectivity index (χ1) is 7.06. The Balaban J connectivity index is 0. The summed E-state index contributed by atoms with van der Waals surface area (Å²) in [6.45, 7) is 1.14. The van der Waals surface area contributed by atoms with Crippen molar-refractivity contribution >= 4 is 31.2 Å². The Labute approximate surface area is 117 Å². The molecule has 0 spiro atoms. The highest BCUT2D eigenvalue weighted by atomic mass is 35.5. The molecule has 3 N–H and O–H groups in total. The third-order valence-corrected chi connectivity index (χ3v) is 3.33. The predicted molar refractivity (Wildman–Crippen MR) is 75.7 cm³/mol. The highest BCUT2D eigenvalue weighted by Gasteiger charge is 2.30. The van der Waals surface area contributed by atoms with Crippen LogP contribution < -0.4 is 11.1 Å². The minimum Gasteiger partial charge on any atom is -0.341 e. The van der Waals surface area contributed by atoms with Gasteiger partial charge in [0.05, 0.1) is 5.66 Å². The van der Waals surface area contributed by atoms with E-state index in [0.717, 1.165) is 44.6 Å². The van der Waals surface area contributed by atoms with Gasteiger partial charge in [-0.3, -0.25) is 4.79 Å². The number of nitrogens with two attached hydrogens (primary N) is 1. The van der Waals surface area contributed by atoms with Gasteiger partial charge < -0.3 is 16.0 Å². The van der Waals surface area contributed by atoms with Crippen molar-refractivity contribution in [2.24, 2.45) is 11.7 Å². The number of rotatable bonds is 5. The third kappa shape index (κ3) is 7.09. The van der Waals surface area contributed by atoms with Crippen LogP contribution in [0.5, 0.6) is 0 Å². The minimum atomic E-state index is -0.434. The van der Waals surface area contributed by atoms with Crippen molar-refractivity contribution in [2.75, 3.05) is 20.6 Å². The van der Waals surface area contributed by atoms with Crippen LogP contribution in [0.2, 0.25) is 0 Å². The van der Waals surface area contributed by atoms with Gasteiger partial charge in [-0.25, -0.2) is 0 Å². The summed E-state index contributed by atoms with van der Waals surface area (Å²) in [4.78, 5) is 12.6. The summed E-state index contributed by atoms with van der Waals surface area (Å²) in [5.74, 6) is 0.775. The number of nitrogens with one attached hydrogen (secondary N) is 1. The van der Waals surface area contributed by atoms with Crippen LogP contribution in [0.15, 0.2) is 0 Å². The Bertz CT molecular complexity index is 207. The summed E-state index contributed by atoms with van der Waals surface area (Å²) in [5.41, 5.74) is 5.60. The summed E-state index contributed by atoms with van der Waals surface area (Å²) in [5, 5.41) is 2.73. The molecule has 0 heterocycles. The zero-order valence-corrected chi connectivity index (χ0v) is 12.3. The summed E-state index contributed by atoms with van der Waals surface area (Å²) < 4.78 is 0. The number of nitrogens with zero attached hydrogens (tertiary/aromatic N) is 1. The first-order valence-corrected chi connectivity index (χ1v) is 5.71. The van der Waals surface area contributed by atoms with Crippen molar-refractivity contribution in [2.45, 2.75) is 37.8 Å². The zero-order valence-electron chi connectivity index (χ0n) is 10.6. The van der Waals surface area contributed by atoms with Crippen molar-refractivity contribution in [1.29, 1.82) is 0 Å². The molecule has 104 valence electrons. The Morgan fingerprint density at radius 1 is 1.35 bits per heavy atom. The van der Waals surface area contributed by atoms with Crippen molar-refractivity contribution in [3.63, 3.8) is 0 Å². The first-order valence-electron chi connectivity index (χ1n) is 5.71. The SMILES string of the molecule is CN(C)CCC1CCC(N)(NC=O)CC1.Cl.Cl. The highest BCUT2D eigenvalue weighted by molar-refractivity contribution is 5.85. The standard InChI is InChI=1S/C11H23N3O.2ClH/c1-14(2)8-5-10-3-6-11(12,7-4-10)13-9-15;;/h9-10H,3-8,12H2,1-2H3,(H,13,15);2*1H. The molecule has 0 bridgehead atoms. The lowest BCUT2D eigenvalue weighted by atomic mass is 9.80. The van der Waals surface area contributed by atoms with Gasteiger partial charge >= 0.3 is 0 Å². The molecule has 0 saturated heterocycles. The maximum absolute atomic E-state index is 10.4. The van der Waals surface area contributed by atoms with Crippen LogP contribution in [0.4, 0.5) is 0 Å². The second-order valence-electron chi connectivity index (χ2n) is 4.95. The fourth-order valence-corrected chi connectivity index (χ4v) is 2.18. The van der Waals surface area contributed by atoms with Crippen LogP contribution in [0, 0.1) is 5.92 Å². The molecule has 0 aromatic heterocycles. The van der Waals surface area contributed by atoms with E-state index in [9.17, 15) is 4.79 Å². The average Bonchev–Trinajstić information content (AvgIpc) is 2.17. The highest BCUT2D eigenvalue weighted by Crippen LogP contribution is 2.30. The molecule has 0 radical (unpaired) electrons. The van der Waals surface area contributed by atoms with E-state index in [2.05, 4.69) is 24.3 Å². The van der Waals surface area contributed by atoms with Gasteiger partial charge in [-0.2, -0.15) is 0 Å². The fourth-order valence-electron chi connectivity index (χ4n) is 2.18. The molecule has 0 aromatic carbocycles. The number of amides is 1. The van der Waals surface area contributed by atoms with E-state index in [1.807, 2.05) is 0 Å². The van der Waals surface area contributed by atoms with E-state index in [1.165, 1.54) is 6.42 Å². The molecular formula is C11H25Cl2N3O. The second-order valence-corrected chi connectivity index (χ2v) is 4.95. The normalized spacial score (nSPS) is 27.9. The second kappa shape index (κ2) is 8.97. The van der Waals surface area contributed by atoms with Crippen molar-refractivity contribution < 1.29 is 4.79 Å². The van der Waals surface area contributed by atoms with E-state index >= 15 is 0 Å². The number of hydrogen-bond acceptors (Lipinski definition) is 3. The van der Waals surface area contributed by atoms with E-state index in [0.29, 0.717) is 0 Å². The Morgan fingerprint density at radius 2 is 1.88 bits per heavy atom. The molecule has 1 saturated carbocycles. The lowest BCUT2D eigenvalue weighted by Gasteiger charge is -2.36. The van der Waals surface area contributed by atoms with E-state index in [1.54, 1.807) is 0 Å². The average molecular weight is 286 g/mol. The number of carbonyl (C=O) groups is 1. The molecule has 1 rings (SSSR count). The van der Waals surface area contributed by atoms with Gasteiger partial charge in [0.2, 0.25) is 6.41 Å². The number of hydrogen-bond donors (Lipinski definition) is 2. The van der Waals surface area contributed by atoms with E-state index in [4.69, 9.17) is 5.73 Å². The molecule has 0 atom stereocenters.